The van der Waals surface area contributed by atoms with E-state index >= 15 is 0 Å². The molecule has 0 aliphatic heterocycles. The third-order valence-corrected chi connectivity index (χ3v) is 11.6. The van der Waals surface area contributed by atoms with E-state index in [0.29, 0.717) is 42.3 Å². The normalized spacial score (nSPS) is 24.9. The van der Waals surface area contributed by atoms with Gasteiger partial charge in [0.2, 0.25) is 0 Å². The van der Waals surface area contributed by atoms with Gasteiger partial charge < -0.3 is 9.47 Å². The van der Waals surface area contributed by atoms with Gasteiger partial charge in [-0.3, -0.25) is 19.5 Å². The molecule has 3 atom stereocenters. The Morgan fingerprint density at radius 2 is 1.88 bits per heavy atom. The number of aldehydes is 1. The molecule has 0 saturated heterocycles. The number of hydrogen-bond acceptors (Lipinski definition) is 6. The number of halogens is 4. The lowest BCUT2D eigenvalue weighted by Gasteiger charge is -2.51. The Morgan fingerprint density at radius 1 is 1.12 bits per heavy atom. The molecule has 3 aliphatic rings. The van der Waals surface area contributed by atoms with Crippen molar-refractivity contribution < 1.29 is 37.0 Å². The van der Waals surface area contributed by atoms with E-state index in [-0.39, 0.29) is 35.4 Å². The zero-order valence-corrected chi connectivity index (χ0v) is 29.3. The van der Waals surface area contributed by atoms with Crippen LogP contribution in [0.25, 0.3) is 0 Å². The fraction of sp³-hybridized carbons (Fsp3) is 0.487. The molecule has 0 N–H and O–H groups in total. The second kappa shape index (κ2) is 14.0. The van der Waals surface area contributed by atoms with Crippen molar-refractivity contribution in [2.45, 2.75) is 94.7 Å². The number of aryl methyl sites for hydroxylation is 1. The van der Waals surface area contributed by atoms with Crippen molar-refractivity contribution in [2.24, 2.45) is 11.8 Å². The van der Waals surface area contributed by atoms with Crippen LogP contribution in [0.2, 0.25) is 5.02 Å². The maximum absolute atomic E-state index is 14.2. The van der Waals surface area contributed by atoms with E-state index in [9.17, 15) is 27.6 Å². The zero-order chi connectivity index (χ0) is 35.8. The van der Waals surface area contributed by atoms with Crippen molar-refractivity contribution in [2.75, 3.05) is 18.6 Å². The number of fused-ring (bicyclic) bond motifs is 3. The molecule has 2 aromatic carbocycles. The van der Waals surface area contributed by atoms with E-state index in [2.05, 4.69) is 18.8 Å². The number of rotatable bonds is 9. The lowest BCUT2D eigenvalue weighted by Crippen LogP contribution is -2.63. The minimum absolute atomic E-state index is 0.0527. The molecule has 1 saturated carbocycles. The van der Waals surface area contributed by atoms with Gasteiger partial charge in [-0.05, 0) is 122 Å². The standard InChI is InChI=1S/C39H42ClF3N2O5/c1-24(23-50-33-12-17-44-32-9-4-6-25(2)34(32)33)18-28-20-27-11-10-26(22-46)19-31(27)37(28)13-15-38(16-14-37,36(48)49-3)45(35(47)39(41,42)43)30-8-5-7-29(40)21-30/h5,7-8,10-12,17,19,21-22,24-25,28H,4,6,9,13-16,18,20,23H2,1-3H3/t24-,25-,28+,37?,38?/m1/s1. The lowest BCUT2D eigenvalue weighted by molar-refractivity contribution is -0.174. The molecular formula is C39H42ClF3N2O5. The summed E-state index contributed by atoms with van der Waals surface area (Å²) in [6.07, 6.45) is 2.36. The van der Waals surface area contributed by atoms with Crippen molar-refractivity contribution in [1.29, 1.82) is 0 Å². The Hall–Kier alpha value is -3.92. The molecule has 0 bridgehead atoms. The van der Waals surface area contributed by atoms with E-state index in [0.717, 1.165) is 61.6 Å². The first-order chi connectivity index (χ1) is 23.8. The number of hydrogen-bond donors (Lipinski definition) is 0. The second-order valence-corrected chi connectivity index (χ2v) is 14.8. The fourth-order valence-corrected chi connectivity index (χ4v) is 9.13. The SMILES string of the molecule is COC(=O)C1(N(C(=O)C(F)(F)F)c2cccc(Cl)c2)CCC2(CC1)c1cc(C=O)ccc1C[C@@H]2C[C@@H](C)COc1ccnc2c1[C@H](C)CCC2. The highest BCUT2D eigenvalue weighted by molar-refractivity contribution is 6.31. The van der Waals surface area contributed by atoms with E-state index in [4.69, 9.17) is 21.1 Å². The summed E-state index contributed by atoms with van der Waals surface area (Å²) in [5.41, 5.74) is 2.23. The minimum atomic E-state index is -5.26. The summed E-state index contributed by atoms with van der Waals surface area (Å²) < 4.78 is 54.3. The van der Waals surface area contributed by atoms with Crippen molar-refractivity contribution in [3.05, 3.63) is 87.7 Å². The molecule has 1 fully saturated rings. The zero-order valence-electron chi connectivity index (χ0n) is 28.5. The van der Waals surface area contributed by atoms with Gasteiger partial charge in [0.1, 0.15) is 17.6 Å². The van der Waals surface area contributed by atoms with Gasteiger partial charge in [-0.2, -0.15) is 13.2 Å². The Labute approximate surface area is 295 Å². The lowest BCUT2D eigenvalue weighted by atomic mass is 9.59. The second-order valence-electron chi connectivity index (χ2n) is 14.3. The average molecular weight is 711 g/mol. The van der Waals surface area contributed by atoms with Gasteiger partial charge in [0, 0.05) is 33.7 Å². The fourth-order valence-electron chi connectivity index (χ4n) is 8.95. The summed E-state index contributed by atoms with van der Waals surface area (Å²) in [6.45, 7) is 4.81. The number of esters is 1. The number of pyridine rings is 1. The third kappa shape index (κ3) is 6.51. The van der Waals surface area contributed by atoms with Crippen LogP contribution in [0.1, 0.15) is 97.5 Å². The Morgan fingerprint density at radius 3 is 2.56 bits per heavy atom. The monoisotopic (exact) mass is 710 g/mol. The summed E-state index contributed by atoms with van der Waals surface area (Å²) in [5.74, 6) is -1.68. The highest BCUT2D eigenvalue weighted by Gasteiger charge is 2.60. The van der Waals surface area contributed by atoms with Crippen molar-refractivity contribution in [3.63, 3.8) is 0 Å². The first-order valence-electron chi connectivity index (χ1n) is 17.3. The number of aromatic nitrogens is 1. The number of amides is 1. The molecule has 0 unspecified atom stereocenters. The number of alkyl halides is 3. The maximum atomic E-state index is 14.2. The first-order valence-corrected chi connectivity index (χ1v) is 17.7. The molecule has 6 rings (SSSR count). The van der Waals surface area contributed by atoms with Gasteiger partial charge in [-0.1, -0.05) is 43.6 Å². The molecule has 1 aromatic heterocycles. The van der Waals surface area contributed by atoms with E-state index in [1.807, 2.05) is 18.2 Å². The Kier molecular flexibility index (Phi) is 10.1. The van der Waals surface area contributed by atoms with Gasteiger partial charge in [0.15, 0.2) is 0 Å². The van der Waals surface area contributed by atoms with Crippen LogP contribution in [0, 0.1) is 11.8 Å². The van der Waals surface area contributed by atoms with Crippen molar-refractivity contribution in [3.8, 4) is 5.75 Å². The van der Waals surface area contributed by atoms with Crippen LogP contribution in [0.4, 0.5) is 18.9 Å². The maximum Gasteiger partial charge on any atom is 0.471 e. The van der Waals surface area contributed by atoms with Gasteiger partial charge >= 0.3 is 18.1 Å². The Balaban J connectivity index is 1.32. The predicted molar refractivity (Wildman–Crippen MR) is 184 cm³/mol. The number of anilines is 1. The molecule has 1 heterocycles. The number of ether oxygens (including phenoxy) is 2. The molecule has 3 aliphatic carbocycles. The van der Waals surface area contributed by atoms with Gasteiger partial charge in [-0.15, -0.1) is 0 Å². The molecule has 3 aromatic rings. The summed E-state index contributed by atoms with van der Waals surface area (Å²) in [7, 11) is 1.12. The summed E-state index contributed by atoms with van der Waals surface area (Å²) in [5, 5.41) is 0.124. The van der Waals surface area contributed by atoms with Crippen LogP contribution >= 0.6 is 11.6 Å². The molecule has 7 nitrogen and oxygen atoms in total. The van der Waals surface area contributed by atoms with Crippen LogP contribution in [0.5, 0.6) is 5.75 Å². The van der Waals surface area contributed by atoms with Crippen molar-refractivity contribution in [1.82, 2.24) is 4.98 Å². The van der Waals surface area contributed by atoms with Gasteiger partial charge in [0.05, 0.1) is 13.7 Å². The molecule has 266 valence electrons. The smallest absolute Gasteiger partial charge is 0.471 e. The number of benzene rings is 2. The van der Waals surface area contributed by atoms with Crippen molar-refractivity contribution >= 4 is 35.5 Å². The van der Waals surface area contributed by atoms with Crippen LogP contribution in [-0.2, 0) is 32.6 Å². The first kappa shape index (κ1) is 35.9. The topological polar surface area (TPSA) is 85.8 Å². The average Bonchev–Trinajstić information content (AvgIpc) is 3.38. The molecule has 1 spiro atoms. The molecule has 0 radical (unpaired) electrons. The highest BCUT2D eigenvalue weighted by Crippen LogP contribution is 2.57. The quantitative estimate of drug-likeness (QED) is 0.163. The number of methoxy groups -OCH3 is 1. The largest absolute Gasteiger partial charge is 0.493 e. The van der Waals surface area contributed by atoms with Crippen LogP contribution < -0.4 is 9.64 Å². The highest BCUT2D eigenvalue weighted by atomic mass is 35.5. The number of carbonyl (C=O) groups excluding carboxylic acids is 3. The third-order valence-electron chi connectivity index (χ3n) is 11.3. The van der Waals surface area contributed by atoms with E-state index in [1.165, 1.54) is 29.8 Å². The number of carbonyl (C=O) groups is 3. The molecule has 1 amide bonds. The summed E-state index contributed by atoms with van der Waals surface area (Å²) >= 11 is 6.19. The molecular weight excluding hydrogens is 669 g/mol. The van der Waals surface area contributed by atoms with Gasteiger partial charge in [0.25, 0.3) is 0 Å². The van der Waals surface area contributed by atoms with Gasteiger partial charge in [-0.25, -0.2) is 4.79 Å². The van der Waals surface area contributed by atoms with E-state index < -0.39 is 29.0 Å². The minimum Gasteiger partial charge on any atom is -0.493 e. The number of nitrogens with zero attached hydrogens (tertiary/aromatic N) is 2. The Bertz CT molecular complexity index is 1770. The van der Waals surface area contributed by atoms with Crippen LogP contribution in [0.3, 0.4) is 0 Å². The van der Waals surface area contributed by atoms with E-state index in [1.54, 1.807) is 12.3 Å². The summed E-state index contributed by atoms with van der Waals surface area (Å²) in [4.78, 5) is 43.9. The summed E-state index contributed by atoms with van der Waals surface area (Å²) in [6, 6.07) is 13.1. The molecule has 11 heteroatoms. The van der Waals surface area contributed by atoms with Crippen LogP contribution in [-0.4, -0.2) is 48.6 Å². The van der Waals surface area contributed by atoms with Crippen LogP contribution in [0.15, 0.2) is 54.7 Å². The predicted octanol–water partition coefficient (Wildman–Crippen LogP) is 8.58. The molecule has 50 heavy (non-hydrogen) atoms.